The summed E-state index contributed by atoms with van der Waals surface area (Å²) in [5.41, 5.74) is 0. The Kier molecular flexibility index (Phi) is 2.76. The minimum absolute atomic E-state index is 0.346. The zero-order valence-corrected chi connectivity index (χ0v) is 6.45. The molecule has 0 radical (unpaired) electrons. The lowest BCUT2D eigenvalue weighted by atomic mass is 10.5. The molecule has 1 saturated heterocycles. The predicted molar refractivity (Wildman–Crippen MR) is 37.5 cm³/mol. The van der Waals surface area contributed by atoms with Gasteiger partial charge in [-0.25, -0.2) is 4.58 Å². The molecule has 1 aliphatic rings. The minimum atomic E-state index is 0.346. The summed E-state index contributed by atoms with van der Waals surface area (Å²) in [6.45, 7) is 3.07. The zero-order chi connectivity index (χ0) is 6.69. The molecule has 4 heteroatoms. The van der Waals surface area contributed by atoms with Gasteiger partial charge in [0, 0.05) is 23.2 Å². The number of ether oxygens (including phenoxy) is 1. The minimum Gasteiger partial charge on any atom is -0.368 e. The van der Waals surface area contributed by atoms with E-state index in [2.05, 4.69) is 0 Å². The third-order valence-corrected chi connectivity index (χ3v) is 1.73. The van der Waals surface area contributed by atoms with E-state index in [1.807, 2.05) is 4.58 Å². The van der Waals surface area contributed by atoms with Gasteiger partial charge in [-0.05, 0) is 0 Å². The van der Waals surface area contributed by atoms with Crippen molar-refractivity contribution in [3.05, 3.63) is 0 Å². The highest BCUT2D eigenvalue weighted by Crippen LogP contribution is 1.96. The maximum atomic E-state index is 5.51. The third kappa shape index (κ3) is 2.12. The molecule has 0 saturated carbocycles. The molecule has 1 aliphatic heterocycles. The highest BCUT2D eigenvalue weighted by molar-refractivity contribution is 6.94. The highest BCUT2D eigenvalue weighted by atomic mass is 35.5. The predicted octanol–water partition coefficient (Wildman–Crippen LogP) is 0.863. The maximum absolute atomic E-state index is 5.51. The van der Waals surface area contributed by atoms with Gasteiger partial charge in [0.2, 0.25) is 0 Å². The van der Waals surface area contributed by atoms with Crippen LogP contribution in [0.5, 0.6) is 0 Å². The van der Waals surface area contributed by atoms with Gasteiger partial charge in [0.1, 0.15) is 13.2 Å². The van der Waals surface area contributed by atoms with Crippen LogP contribution in [0.3, 0.4) is 0 Å². The Hall–Kier alpha value is 0.210. The van der Waals surface area contributed by atoms with Crippen molar-refractivity contribution in [2.45, 2.75) is 0 Å². The topological polar surface area (TPSA) is 12.2 Å². The van der Waals surface area contributed by atoms with E-state index >= 15 is 0 Å². The summed E-state index contributed by atoms with van der Waals surface area (Å²) in [6, 6.07) is 0. The van der Waals surface area contributed by atoms with E-state index in [0.717, 1.165) is 26.3 Å². The van der Waals surface area contributed by atoms with E-state index in [9.17, 15) is 0 Å². The van der Waals surface area contributed by atoms with Crippen LogP contribution in [-0.2, 0) is 4.74 Å². The largest absolute Gasteiger partial charge is 0.368 e. The molecule has 9 heavy (non-hydrogen) atoms. The first-order valence-corrected chi connectivity index (χ1v) is 3.57. The molecule has 2 nitrogen and oxygen atoms in total. The monoisotopic (exact) mass is 168 g/mol. The highest BCUT2D eigenvalue weighted by Gasteiger charge is 2.14. The molecular weight excluding hydrogens is 161 g/mol. The second-order valence-corrected chi connectivity index (χ2v) is 2.75. The number of hydrogen-bond donors (Lipinski definition) is 0. The first-order valence-electron chi connectivity index (χ1n) is 2.81. The Labute approximate surface area is 64.0 Å². The molecule has 0 bridgehead atoms. The molecule has 0 N–H and O–H groups in total. The van der Waals surface area contributed by atoms with E-state index in [0.29, 0.717) is 4.63 Å². The summed E-state index contributed by atoms with van der Waals surface area (Å²) in [5.74, 6) is 0. The Morgan fingerprint density at radius 2 is 1.78 bits per heavy atom. The second kappa shape index (κ2) is 3.40. The fourth-order valence-corrected chi connectivity index (χ4v) is 1.07. The van der Waals surface area contributed by atoms with E-state index < -0.39 is 0 Å². The summed E-state index contributed by atoms with van der Waals surface area (Å²) in [6.07, 6.45) is 0. The second-order valence-electron chi connectivity index (χ2n) is 1.84. The van der Waals surface area contributed by atoms with Crippen molar-refractivity contribution in [3.8, 4) is 0 Å². The summed E-state index contributed by atoms with van der Waals surface area (Å²) < 4.78 is 7.30. The van der Waals surface area contributed by atoms with E-state index in [-0.39, 0.29) is 0 Å². The van der Waals surface area contributed by atoms with Gasteiger partial charge < -0.3 is 4.74 Å². The molecular formula is C5H8Cl2NO+. The molecule has 1 fully saturated rings. The van der Waals surface area contributed by atoms with Gasteiger partial charge in [0.05, 0.1) is 0 Å². The lowest BCUT2D eigenvalue weighted by molar-refractivity contribution is -0.545. The summed E-state index contributed by atoms with van der Waals surface area (Å²) in [7, 11) is 0. The lowest BCUT2D eigenvalue weighted by Crippen LogP contribution is -2.30. The van der Waals surface area contributed by atoms with Crippen LogP contribution in [0.4, 0.5) is 0 Å². The number of morpholine rings is 1. The van der Waals surface area contributed by atoms with Crippen molar-refractivity contribution >= 4 is 27.8 Å². The first kappa shape index (κ1) is 7.32. The fourth-order valence-electron chi connectivity index (χ4n) is 0.732. The van der Waals surface area contributed by atoms with Crippen LogP contribution < -0.4 is 0 Å². The van der Waals surface area contributed by atoms with Crippen molar-refractivity contribution in [3.63, 3.8) is 0 Å². The third-order valence-electron chi connectivity index (χ3n) is 1.25. The first-order chi connectivity index (χ1) is 4.30. The van der Waals surface area contributed by atoms with Gasteiger partial charge in [0.25, 0.3) is 0 Å². The van der Waals surface area contributed by atoms with Crippen LogP contribution in [0, 0.1) is 0 Å². The fraction of sp³-hybridized carbons (Fsp3) is 0.800. The normalized spacial score (nSPS) is 20.0. The molecule has 1 heterocycles. The lowest BCUT2D eigenvalue weighted by Gasteiger charge is -2.09. The molecule has 0 atom stereocenters. The van der Waals surface area contributed by atoms with Crippen LogP contribution in [0.15, 0.2) is 0 Å². The van der Waals surface area contributed by atoms with E-state index in [1.54, 1.807) is 0 Å². The Morgan fingerprint density at radius 3 is 2.11 bits per heavy atom. The van der Waals surface area contributed by atoms with E-state index in [1.165, 1.54) is 0 Å². The molecule has 1 rings (SSSR count). The van der Waals surface area contributed by atoms with Crippen molar-refractivity contribution in [1.82, 2.24) is 0 Å². The average Bonchev–Trinajstić information content (AvgIpc) is 1.90. The van der Waals surface area contributed by atoms with Crippen LogP contribution in [-0.4, -0.2) is 35.5 Å². The molecule has 0 aromatic heterocycles. The smallest absolute Gasteiger partial charge is 0.341 e. The van der Waals surface area contributed by atoms with E-state index in [4.69, 9.17) is 27.9 Å². The zero-order valence-electron chi connectivity index (χ0n) is 4.94. The van der Waals surface area contributed by atoms with Gasteiger partial charge in [-0.15, -0.1) is 0 Å². The van der Waals surface area contributed by atoms with Crippen molar-refractivity contribution in [2.24, 2.45) is 0 Å². The van der Waals surface area contributed by atoms with Gasteiger partial charge in [-0.1, -0.05) is 0 Å². The SMILES string of the molecule is ClC(Cl)=[N+]1CCOCC1. The standard InChI is InChI=1S/C5H8Cl2NO/c6-5(7)8-1-3-9-4-2-8/h1-4H2/q+1. The van der Waals surface area contributed by atoms with Crippen LogP contribution >= 0.6 is 23.2 Å². The molecule has 0 unspecified atom stereocenters. The number of nitrogens with zero attached hydrogens (tertiary/aromatic N) is 1. The van der Waals surface area contributed by atoms with Crippen molar-refractivity contribution in [1.29, 1.82) is 0 Å². The Bertz CT molecular complexity index is 123. The summed E-state index contributed by atoms with van der Waals surface area (Å²) in [5, 5.41) is 0. The summed E-state index contributed by atoms with van der Waals surface area (Å²) >= 11 is 11.0. The Morgan fingerprint density at radius 1 is 1.22 bits per heavy atom. The number of rotatable bonds is 0. The number of halogens is 2. The molecule has 52 valence electrons. The van der Waals surface area contributed by atoms with Crippen molar-refractivity contribution < 1.29 is 9.31 Å². The van der Waals surface area contributed by atoms with Crippen molar-refractivity contribution in [2.75, 3.05) is 26.3 Å². The maximum Gasteiger partial charge on any atom is 0.341 e. The van der Waals surface area contributed by atoms with Gasteiger partial charge >= 0.3 is 4.63 Å². The van der Waals surface area contributed by atoms with Crippen LogP contribution in [0.1, 0.15) is 0 Å². The van der Waals surface area contributed by atoms with Gasteiger partial charge in [-0.2, -0.15) is 0 Å². The Balaban J connectivity index is 2.49. The van der Waals surface area contributed by atoms with Crippen LogP contribution in [0.25, 0.3) is 0 Å². The molecule has 0 spiro atoms. The quantitative estimate of drug-likeness (QED) is 0.490. The molecule has 0 aliphatic carbocycles. The van der Waals surface area contributed by atoms with Crippen LogP contribution in [0.2, 0.25) is 0 Å². The molecule has 0 aromatic rings. The summed E-state index contributed by atoms with van der Waals surface area (Å²) in [4.78, 5) is 0. The van der Waals surface area contributed by atoms with Gasteiger partial charge in [0.15, 0.2) is 13.1 Å². The van der Waals surface area contributed by atoms with Gasteiger partial charge in [-0.3, -0.25) is 0 Å². The molecule has 0 amide bonds. The molecule has 0 aromatic carbocycles. The number of hydrogen-bond acceptors (Lipinski definition) is 1. The average molecular weight is 169 g/mol.